The standard InChI is InChI=1S/C6H12O3/c7-5-9-6-2-1-3-8-4-6/h6-7H,1-5H2. The Labute approximate surface area is 54.6 Å². The fraction of sp³-hybridized carbons (Fsp3) is 1.00. The van der Waals surface area contributed by atoms with E-state index in [1.807, 2.05) is 0 Å². The molecule has 0 aromatic heterocycles. The normalized spacial score (nSPS) is 28.3. The van der Waals surface area contributed by atoms with E-state index in [0.717, 1.165) is 19.4 Å². The molecular formula is C6H12O3. The van der Waals surface area contributed by atoms with Gasteiger partial charge in [0.15, 0.2) is 0 Å². The maximum atomic E-state index is 8.34. The Hall–Kier alpha value is -0.120. The lowest BCUT2D eigenvalue weighted by Gasteiger charge is -2.20. The Morgan fingerprint density at radius 2 is 2.56 bits per heavy atom. The van der Waals surface area contributed by atoms with Crippen LogP contribution in [0.25, 0.3) is 0 Å². The van der Waals surface area contributed by atoms with Crippen LogP contribution in [0.3, 0.4) is 0 Å². The summed E-state index contributed by atoms with van der Waals surface area (Å²) < 4.78 is 10.0. The number of ether oxygens (including phenoxy) is 2. The van der Waals surface area contributed by atoms with Crippen molar-refractivity contribution in [1.29, 1.82) is 0 Å². The van der Waals surface area contributed by atoms with Crippen LogP contribution in [0.4, 0.5) is 0 Å². The second-order valence-corrected chi connectivity index (χ2v) is 2.13. The van der Waals surface area contributed by atoms with Gasteiger partial charge in [0.25, 0.3) is 0 Å². The fourth-order valence-electron chi connectivity index (χ4n) is 0.948. The van der Waals surface area contributed by atoms with Crippen molar-refractivity contribution in [1.82, 2.24) is 0 Å². The Bertz CT molecular complexity index is 65.9. The maximum Gasteiger partial charge on any atom is 0.144 e. The third kappa shape index (κ3) is 2.30. The largest absolute Gasteiger partial charge is 0.379 e. The van der Waals surface area contributed by atoms with Crippen LogP contribution in [-0.2, 0) is 9.47 Å². The van der Waals surface area contributed by atoms with E-state index < -0.39 is 0 Å². The topological polar surface area (TPSA) is 38.7 Å². The summed E-state index contributed by atoms with van der Waals surface area (Å²) in [6.07, 6.45) is 2.19. The zero-order valence-electron chi connectivity index (χ0n) is 5.38. The van der Waals surface area contributed by atoms with E-state index in [1.165, 1.54) is 0 Å². The maximum absolute atomic E-state index is 8.34. The van der Waals surface area contributed by atoms with Crippen molar-refractivity contribution in [3.63, 3.8) is 0 Å². The molecule has 0 aromatic carbocycles. The third-order valence-corrected chi connectivity index (χ3v) is 1.43. The first-order valence-corrected chi connectivity index (χ1v) is 3.23. The SMILES string of the molecule is OCOC1CCCOC1. The third-order valence-electron chi connectivity index (χ3n) is 1.43. The lowest BCUT2D eigenvalue weighted by atomic mass is 10.2. The lowest BCUT2D eigenvalue weighted by Crippen LogP contribution is -2.25. The smallest absolute Gasteiger partial charge is 0.144 e. The van der Waals surface area contributed by atoms with Gasteiger partial charge in [0.05, 0.1) is 12.7 Å². The molecule has 1 N–H and O–H groups in total. The van der Waals surface area contributed by atoms with Gasteiger partial charge in [-0.2, -0.15) is 0 Å². The average Bonchev–Trinajstić information content (AvgIpc) is 1.91. The molecule has 54 valence electrons. The Morgan fingerprint density at radius 1 is 1.67 bits per heavy atom. The van der Waals surface area contributed by atoms with Crippen LogP contribution in [0.1, 0.15) is 12.8 Å². The molecule has 0 aliphatic carbocycles. The number of aliphatic hydroxyl groups excluding tert-OH is 1. The van der Waals surface area contributed by atoms with Gasteiger partial charge in [-0.3, -0.25) is 0 Å². The summed E-state index contributed by atoms with van der Waals surface area (Å²) in [6.45, 7) is 1.29. The predicted molar refractivity (Wildman–Crippen MR) is 32.0 cm³/mol. The monoisotopic (exact) mass is 132 g/mol. The van der Waals surface area contributed by atoms with Gasteiger partial charge in [-0.15, -0.1) is 0 Å². The first-order valence-electron chi connectivity index (χ1n) is 3.23. The molecule has 3 nitrogen and oxygen atoms in total. The summed E-state index contributed by atoms with van der Waals surface area (Å²) in [5.74, 6) is 0. The van der Waals surface area contributed by atoms with Crippen LogP contribution in [-0.4, -0.2) is 31.2 Å². The summed E-state index contributed by atoms with van der Waals surface area (Å²) in [6, 6.07) is 0. The minimum atomic E-state index is -0.186. The van der Waals surface area contributed by atoms with E-state index in [0.29, 0.717) is 6.61 Å². The minimum Gasteiger partial charge on any atom is -0.379 e. The highest BCUT2D eigenvalue weighted by molar-refractivity contribution is 4.60. The molecule has 0 saturated carbocycles. The van der Waals surface area contributed by atoms with Gasteiger partial charge in [-0.1, -0.05) is 0 Å². The van der Waals surface area contributed by atoms with E-state index in [4.69, 9.17) is 14.6 Å². The molecule has 1 rings (SSSR count). The van der Waals surface area contributed by atoms with Crippen LogP contribution in [0.2, 0.25) is 0 Å². The molecule has 0 aromatic rings. The molecule has 1 heterocycles. The molecule has 0 spiro atoms. The zero-order chi connectivity index (χ0) is 6.53. The van der Waals surface area contributed by atoms with Crippen LogP contribution < -0.4 is 0 Å². The predicted octanol–water partition coefficient (Wildman–Crippen LogP) is 0.132. The van der Waals surface area contributed by atoms with E-state index in [1.54, 1.807) is 0 Å². The lowest BCUT2D eigenvalue weighted by molar-refractivity contribution is -0.102. The van der Waals surface area contributed by atoms with Gasteiger partial charge in [-0.05, 0) is 12.8 Å². The van der Waals surface area contributed by atoms with Crippen molar-refractivity contribution in [2.24, 2.45) is 0 Å². The summed E-state index contributed by atoms with van der Waals surface area (Å²) in [4.78, 5) is 0. The first kappa shape index (κ1) is 6.99. The van der Waals surface area contributed by atoms with Crippen molar-refractivity contribution >= 4 is 0 Å². The molecule has 1 fully saturated rings. The molecule has 0 amide bonds. The fourth-order valence-corrected chi connectivity index (χ4v) is 0.948. The second-order valence-electron chi connectivity index (χ2n) is 2.13. The van der Waals surface area contributed by atoms with Crippen LogP contribution >= 0.6 is 0 Å². The molecule has 3 heteroatoms. The van der Waals surface area contributed by atoms with Gasteiger partial charge in [-0.25, -0.2) is 0 Å². The van der Waals surface area contributed by atoms with Crippen molar-refractivity contribution in [2.75, 3.05) is 20.0 Å². The van der Waals surface area contributed by atoms with Gasteiger partial charge in [0, 0.05) is 6.61 Å². The molecule has 1 saturated heterocycles. The molecule has 1 aliphatic heterocycles. The van der Waals surface area contributed by atoms with E-state index >= 15 is 0 Å². The Morgan fingerprint density at radius 3 is 3.11 bits per heavy atom. The zero-order valence-corrected chi connectivity index (χ0v) is 5.38. The summed E-state index contributed by atoms with van der Waals surface area (Å²) in [5, 5.41) is 8.34. The summed E-state index contributed by atoms with van der Waals surface area (Å²) in [5.41, 5.74) is 0. The van der Waals surface area contributed by atoms with Crippen LogP contribution in [0, 0.1) is 0 Å². The van der Waals surface area contributed by atoms with Crippen molar-refractivity contribution < 1.29 is 14.6 Å². The number of hydrogen-bond acceptors (Lipinski definition) is 3. The van der Waals surface area contributed by atoms with Gasteiger partial charge >= 0.3 is 0 Å². The molecule has 1 atom stereocenters. The number of rotatable bonds is 2. The molecule has 9 heavy (non-hydrogen) atoms. The second kappa shape index (κ2) is 3.82. The molecule has 1 aliphatic rings. The minimum absolute atomic E-state index is 0.128. The van der Waals surface area contributed by atoms with Crippen molar-refractivity contribution in [3.05, 3.63) is 0 Å². The number of hydrogen-bond donors (Lipinski definition) is 1. The Kier molecular flexibility index (Phi) is 2.97. The van der Waals surface area contributed by atoms with Gasteiger partial charge in [0.2, 0.25) is 0 Å². The quantitative estimate of drug-likeness (QED) is 0.543. The van der Waals surface area contributed by atoms with Gasteiger partial charge in [0.1, 0.15) is 6.79 Å². The molecule has 1 unspecified atom stereocenters. The van der Waals surface area contributed by atoms with Crippen LogP contribution in [0.15, 0.2) is 0 Å². The number of aliphatic hydroxyl groups is 1. The van der Waals surface area contributed by atoms with E-state index in [9.17, 15) is 0 Å². The van der Waals surface area contributed by atoms with Gasteiger partial charge < -0.3 is 14.6 Å². The first-order chi connectivity index (χ1) is 4.43. The Balaban J connectivity index is 2.08. The summed E-state index contributed by atoms with van der Waals surface area (Å²) in [7, 11) is 0. The molecular weight excluding hydrogens is 120 g/mol. The average molecular weight is 132 g/mol. The van der Waals surface area contributed by atoms with E-state index in [2.05, 4.69) is 0 Å². The molecule has 0 radical (unpaired) electrons. The van der Waals surface area contributed by atoms with E-state index in [-0.39, 0.29) is 12.9 Å². The highest BCUT2D eigenvalue weighted by atomic mass is 16.6. The highest BCUT2D eigenvalue weighted by Gasteiger charge is 2.12. The van der Waals surface area contributed by atoms with Crippen LogP contribution in [0.5, 0.6) is 0 Å². The van der Waals surface area contributed by atoms with Crippen molar-refractivity contribution in [2.45, 2.75) is 18.9 Å². The highest BCUT2D eigenvalue weighted by Crippen LogP contribution is 2.08. The summed E-state index contributed by atoms with van der Waals surface area (Å²) >= 11 is 0. The van der Waals surface area contributed by atoms with Crippen molar-refractivity contribution in [3.8, 4) is 0 Å². The molecule has 0 bridgehead atoms.